The molecule has 1 atom stereocenters. The number of aryl methyl sites for hydroxylation is 2. The Kier molecular flexibility index (Phi) is 7.72. The number of urea groups is 1. The summed E-state index contributed by atoms with van der Waals surface area (Å²) in [6.45, 7) is 4.13. The number of anilines is 1. The van der Waals surface area contributed by atoms with Crippen molar-refractivity contribution in [2.24, 2.45) is 0 Å². The van der Waals surface area contributed by atoms with Gasteiger partial charge in [0.1, 0.15) is 0 Å². The third-order valence-corrected chi connectivity index (χ3v) is 7.01. The molecule has 1 aliphatic heterocycles. The third-order valence-electron chi connectivity index (χ3n) is 6.57. The molecule has 1 unspecified atom stereocenters. The fourth-order valence-electron chi connectivity index (χ4n) is 4.83. The van der Waals surface area contributed by atoms with E-state index >= 15 is 0 Å². The van der Waals surface area contributed by atoms with Gasteiger partial charge in [0.05, 0.1) is 17.3 Å². The van der Waals surface area contributed by atoms with Crippen LogP contribution >= 0.6 is 23.2 Å². The van der Waals surface area contributed by atoms with Crippen molar-refractivity contribution in [1.29, 1.82) is 0 Å². The first-order chi connectivity index (χ1) is 17.3. The van der Waals surface area contributed by atoms with Crippen LogP contribution < -0.4 is 5.32 Å². The quantitative estimate of drug-likeness (QED) is 0.372. The van der Waals surface area contributed by atoms with Gasteiger partial charge in [-0.25, -0.2) is 4.79 Å². The van der Waals surface area contributed by atoms with E-state index in [-0.39, 0.29) is 11.9 Å². The van der Waals surface area contributed by atoms with Crippen LogP contribution in [0, 0.1) is 0 Å². The molecule has 0 bridgehead atoms. The summed E-state index contributed by atoms with van der Waals surface area (Å²) in [6, 6.07) is 19.7. The Morgan fingerprint density at radius 2 is 1.47 bits per heavy atom. The number of benzene rings is 3. The van der Waals surface area contributed by atoms with Crippen LogP contribution in [-0.2, 0) is 17.6 Å². The number of carbonyl (C=O) groups is 2. The maximum absolute atomic E-state index is 14.2. The fourth-order valence-corrected chi connectivity index (χ4v) is 5.37. The molecule has 3 amide bonds. The van der Waals surface area contributed by atoms with Gasteiger partial charge in [0.25, 0.3) is 5.91 Å². The molecule has 1 N–H and O–H groups in total. The number of amides is 3. The van der Waals surface area contributed by atoms with E-state index in [1.807, 2.05) is 48.5 Å². The van der Waals surface area contributed by atoms with Gasteiger partial charge in [0.2, 0.25) is 0 Å². The van der Waals surface area contributed by atoms with Crippen LogP contribution in [0.25, 0.3) is 5.70 Å². The van der Waals surface area contributed by atoms with Crippen molar-refractivity contribution in [2.75, 3.05) is 19.4 Å². The molecule has 7 heteroatoms. The van der Waals surface area contributed by atoms with Crippen LogP contribution in [0.4, 0.5) is 10.5 Å². The number of hydrogen-bond donors (Lipinski definition) is 1. The predicted molar refractivity (Wildman–Crippen MR) is 147 cm³/mol. The number of para-hydroxylation sites is 1. The molecule has 0 aliphatic carbocycles. The normalized spacial score (nSPS) is 15.9. The minimum absolute atomic E-state index is 0.241. The van der Waals surface area contributed by atoms with Crippen LogP contribution in [0.3, 0.4) is 0 Å². The maximum atomic E-state index is 14.2. The smallest absolute Gasteiger partial charge is 0.322 e. The van der Waals surface area contributed by atoms with Gasteiger partial charge in [-0.05, 0) is 53.3 Å². The highest BCUT2D eigenvalue weighted by molar-refractivity contribution is 6.34. The first kappa shape index (κ1) is 25.8. The van der Waals surface area contributed by atoms with Crippen LogP contribution in [0.1, 0.15) is 42.1 Å². The fraction of sp³-hybridized carbons (Fsp3) is 0.241. The molecule has 186 valence electrons. The summed E-state index contributed by atoms with van der Waals surface area (Å²) in [5.41, 5.74) is 5.35. The Labute approximate surface area is 222 Å². The average Bonchev–Trinajstić information content (AvgIpc) is 2.87. The van der Waals surface area contributed by atoms with Crippen molar-refractivity contribution < 1.29 is 9.59 Å². The Bertz CT molecular complexity index is 1300. The maximum Gasteiger partial charge on any atom is 0.324 e. The summed E-state index contributed by atoms with van der Waals surface area (Å²) in [4.78, 5) is 30.7. The average molecular weight is 522 g/mol. The van der Waals surface area contributed by atoms with Gasteiger partial charge in [-0.15, -0.1) is 0 Å². The largest absolute Gasteiger partial charge is 0.324 e. The monoisotopic (exact) mass is 521 g/mol. The lowest BCUT2D eigenvalue weighted by molar-refractivity contribution is -0.113. The van der Waals surface area contributed by atoms with Crippen LogP contribution in [0.5, 0.6) is 0 Å². The molecule has 0 fully saturated rings. The van der Waals surface area contributed by atoms with Crippen LogP contribution in [0.2, 0.25) is 10.0 Å². The minimum Gasteiger partial charge on any atom is -0.322 e. The number of carbonyl (C=O) groups excluding carboxylic acids is 2. The SMILES string of the molecule is CCc1cccc(CC)c1NC(=O)C1=C(c2ccccc2)N(C)C(=O)N(C)C1c1cc(Cl)cc(Cl)c1. The van der Waals surface area contributed by atoms with Gasteiger partial charge in [-0.3, -0.25) is 9.69 Å². The lowest BCUT2D eigenvalue weighted by Crippen LogP contribution is -2.47. The molecule has 36 heavy (non-hydrogen) atoms. The molecule has 4 rings (SSSR count). The molecule has 1 aliphatic rings. The lowest BCUT2D eigenvalue weighted by Gasteiger charge is -2.41. The molecular formula is C29H29Cl2N3O2. The van der Waals surface area contributed by atoms with E-state index < -0.39 is 6.04 Å². The zero-order chi connectivity index (χ0) is 26.0. The second kappa shape index (κ2) is 10.8. The zero-order valence-electron chi connectivity index (χ0n) is 20.8. The first-order valence-electron chi connectivity index (χ1n) is 11.9. The van der Waals surface area contributed by atoms with E-state index in [4.69, 9.17) is 23.2 Å². The summed E-state index contributed by atoms with van der Waals surface area (Å²) >= 11 is 12.7. The number of nitrogens with one attached hydrogen (secondary N) is 1. The lowest BCUT2D eigenvalue weighted by atomic mass is 9.90. The van der Waals surface area contributed by atoms with Crippen molar-refractivity contribution in [1.82, 2.24) is 9.80 Å². The van der Waals surface area contributed by atoms with Crippen molar-refractivity contribution >= 4 is 46.5 Å². The zero-order valence-corrected chi connectivity index (χ0v) is 22.3. The van der Waals surface area contributed by atoms with Gasteiger partial charge < -0.3 is 10.2 Å². The molecule has 0 spiro atoms. The summed E-state index contributed by atoms with van der Waals surface area (Å²) < 4.78 is 0. The first-order valence-corrected chi connectivity index (χ1v) is 12.7. The molecule has 0 radical (unpaired) electrons. The molecular weight excluding hydrogens is 493 g/mol. The molecule has 0 saturated carbocycles. The molecule has 0 aromatic heterocycles. The van der Waals surface area contributed by atoms with Gasteiger partial charge in [0, 0.05) is 29.8 Å². The van der Waals surface area contributed by atoms with E-state index in [0.717, 1.165) is 35.2 Å². The van der Waals surface area contributed by atoms with Gasteiger partial charge in [-0.1, -0.05) is 85.6 Å². The topological polar surface area (TPSA) is 52.7 Å². The highest BCUT2D eigenvalue weighted by Crippen LogP contribution is 2.41. The number of hydrogen-bond acceptors (Lipinski definition) is 2. The highest BCUT2D eigenvalue weighted by atomic mass is 35.5. The number of likely N-dealkylation sites (N-methyl/N-ethyl adjacent to an activating group) is 1. The second-order valence-corrected chi connectivity index (χ2v) is 9.67. The van der Waals surface area contributed by atoms with Crippen LogP contribution in [0.15, 0.2) is 72.3 Å². The standard InChI is InChI=1S/C29H29Cl2N3O2/c1-5-18-13-10-14-19(6-2)25(18)32-28(35)24-26(20-11-8-7-9-12-20)33(3)29(36)34(4)27(24)21-15-22(30)17-23(31)16-21/h7-17,27H,5-6H2,1-4H3,(H,32,35). The summed E-state index contributed by atoms with van der Waals surface area (Å²) in [5.74, 6) is -0.281. The van der Waals surface area contributed by atoms with Gasteiger partial charge in [-0.2, -0.15) is 0 Å². The Hall–Kier alpha value is -3.28. The third kappa shape index (κ3) is 4.86. The van der Waals surface area contributed by atoms with Crippen molar-refractivity contribution in [3.8, 4) is 0 Å². The van der Waals surface area contributed by atoms with Crippen molar-refractivity contribution in [3.05, 3.63) is 105 Å². The molecule has 0 saturated heterocycles. The molecule has 3 aromatic rings. The molecule has 5 nitrogen and oxygen atoms in total. The number of rotatable bonds is 6. The molecule has 3 aromatic carbocycles. The Balaban J connectivity index is 1.97. The van der Waals surface area contributed by atoms with E-state index in [2.05, 4.69) is 19.2 Å². The summed E-state index contributed by atoms with van der Waals surface area (Å²) in [5, 5.41) is 4.07. The van der Waals surface area contributed by atoms with Gasteiger partial charge >= 0.3 is 6.03 Å². The molecule has 1 heterocycles. The second-order valence-electron chi connectivity index (χ2n) is 8.80. The van der Waals surface area contributed by atoms with Crippen LogP contribution in [-0.4, -0.2) is 35.8 Å². The van der Waals surface area contributed by atoms with E-state index in [1.54, 1.807) is 37.2 Å². The van der Waals surface area contributed by atoms with E-state index in [0.29, 0.717) is 26.9 Å². The Morgan fingerprint density at radius 1 is 0.889 bits per heavy atom. The van der Waals surface area contributed by atoms with E-state index in [9.17, 15) is 9.59 Å². The summed E-state index contributed by atoms with van der Waals surface area (Å²) in [6.07, 6.45) is 1.55. The van der Waals surface area contributed by atoms with Gasteiger partial charge in [0.15, 0.2) is 0 Å². The predicted octanol–water partition coefficient (Wildman–Crippen LogP) is 7.21. The Morgan fingerprint density at radius 3 is 2.03 bits per heavy atom. The van der Waals surface area contributed by atoms with Crippen molar-refractivity contribution in [3.63, 3.8) is 0 Å². The number of halogens is 2. The van der Waals surface area contributed by atoms with Crippen molar-refractivity contribution in [2.45, 2.75) is 32.7 Å². The minimum atomic E-state index is -0.695. The summed E-state index contributed by atoms with van der Waals surface area (Å²) in [7, 11) is 3.37. The number of nitrogens with zero attached hydrogens (tertiary/aromatic N) is 2. The van der Waals surface area contributed by atoms with E-state index in [1.165, 1.54) is 4.90 Å². The highest BCUT2D eigenvalue weighted by Gasteiger charge is 2.41.